The van der Waals surface area contributed by atoms with Gasteiger partial charge in [-0.05, 0) is 32.1 Å². The molecule has 2 saturated heterocycles. The van der Waals surface area contributed by atoms with Gasteiger partial charge in [0.05, 0.1) is 12.0 Å². The van der Waals surface area contributed by atoms with Crippen LogP contribution < -0.4 is 0 Å². The van der Waals surface area contributed by atoms with E-state index in [0.29, 0.717) is 6.42 Å². The molecule has 1 aliphatic carbocycles. The summed E-state index contributed by atoms with van der Waals surface area (Å²) in [5.41, 5.74) is -2.22. The van der Waals surface area contributed by atoms with E-state index in [1.165, 1.54) is 13.8 Å². The number of hydrogen-bond donors (Lipinski definition) is 1. The maximum Gasteiger partial charge on any atom is 0.334 e. The lowest BCUT2D eigenvalue weighted by atomic mass is 9.75. The van der Waals surface area contributed by atoms with Gasteiger partial charge in [-0.1, -0.05) is 33.9 Å². The molecule has 9 heteroatoms. The number of Topliss-reactive ketones (excluding diaryl/α,β-unsaturated/α-hetero) is 1. The van der Waals surface area contributed by atoms with Crippen molar-refractivity contribution in [3.8, 4) is 0 Å². The van der Waals surface area contributed by atoms with Gasteiger partial charge in [0.1, 0.15) is 12.2 Å². The van der Waals surface area contributed by atoms with Crippen LogP contribution in [0.2, 0.25) is 0 Å². The van der Waals surface area contributed by atoms with Crippen molar-refractivity contribution in [2.75, 3.05) is 0 Å². The minimum absolute atomic E-state index is 0.00594. The fourth-order valence-corrected chi connectivity index (χ4v) is 4.52. The third kappa shape index (κ3) is 4.89. The number of ether oxygens (including phenoxy) is 4. The number of fused-ring (bicyclic) bond motifs is 2. The van der Waals surface area contributed by atoms with E-state index in [0.717, 1.165) is 0 Å². The zero-order chi connectivity index (χ0) is 24.8. The molecule has 3 fully saturated rings. The molecule has 3 rings (SSSR count). The normalized spacial score (nSPS) is 38.2. The van der Waals surface area contributed by atoms with Crippen molar-refractivity contribution < 1.29 is 43.2 Å². The maximum absolute atomic E-state index is 13.2. The predicted octanol–water partition coefficient (Wildman–Crippen LogP) is 1.66. The van der Waals surface area contributed by atoms with Crippen molar-refractivity contribution in [3.05, 3.63) is 24.3 Å². The lowest BCUT2D eigenvalue weighted by molar-refractivity contribution is -0.198. The molecule has 2 aliphatic heterocycles. The standard InChI is InChI=1S/C24H32O9/c1-10(2)8-15(25)31-21-18(33-22(27)11(3)4)16-13(6)23(28)30-14(16)9-12(5)17-19(32-17)20(26)24(21,7)29/h10,12,14,16-19,21,29H,3,6,8-9H2,1-2,4-5,7H3/t12-,14-,16+,17+,18+,19+,21-,24-/m1/s1. The molecular formula is C24H32O9. The highest BCUT2D eigenvalue weighted by atomic mass is 16.6. The van der Waals surface area contributed by atoms with E-state index in [1.807, 2.05) is 20.8 Å². The highest BCUT2D eigenvalue weighted by Crippen LogP contribution is 2.45. The topological polar surface area (TPSA) is 129 Å². The van der Waals surface area contributed by atoms with Crippen molar-refractivity contribution in [1.82, 2.24) is 0 Å². The molecule has 0 spiro atoms. The molecule has 1 saturated carbocycles. The van der Waals surface area contributed by atoms with Crippen LogP contribution in [0.3, 0.4) is 0 Å². The van der Waals surface area contributed by atoms with E-state index in [1.54, 1.807) is 0 Å². The molecule has 0 radical (unpaired) electrons. The van der Waals surface area contributed by atoms with Crippen LogP contribution in [0, 0.1) is 17.8 Å². The van der Waals surface area contributed by atoms with Crippen molar-refractivity contribution >= 4 is 23.7 Å². The fourth-order valence-electron chi connectivity index (χ4n) is 4.52. The number of rotatable bonds is 5. The zero-order valence-corrected chi connectivity index (χ0v) is 19.7. The second kappa shape index (κ2) is 9.02. The molecule has 8 atom stereocenters. The molecule has 0 aromatic rings. The SMILES string of the molecule is C=C(C)C(=O)O[C@H]1[C@H]2C(=C)C(=O)O[C@@H]2C[C@@H](C)[C@@H]2O[C@@H]2C(=O)[C@@](C)(O)[C@@H]1OC(=O)CC(C)C. The van der Waals surface area contributed by atoms with E-state index in [4.69, 9.17) is 18.9 Å². The molecule has 1 N–H and O–H groups in total. The lowest BCUT2D eigenvalue weighted by Crippen LogP contribution is -2.60. The van der Waals surface area contributed by atoms with Crippen molar-refractivity contribution in [1.29, 1.82) is 0 Å². The Kier molecular flexibility index (Phi) is 6.87. The van der Waals surface area contributed by atoms with Crippen LogP contribution in [0.1, 0.15) is 47.5 Å². The maximum atomic E-state index is 13.2. The van der Waals surface area contributed by atoms with Gasteiger partial charge in [0, 0.05) is 17.6 Å². The van der Waals surface area contributed by atoms with Crippen LogP contribution in [0.4, 0.5) is 0 Å². The molecule has 0 aromatic heterocycles. The summed E-state index contributed by atoms with van der Waals surface area (Å²) in [5, 5.41) is 11.4. The molecule has 0 aromatic carbocycles. The molecule has 33 heavy (non-hydrogen) atoms. The highest BCUT2D eigenvalue weighted by Gasteiger charge is 2.63. The van der Waals surface area contributed by atoms with E-state index in [-0.39, 0.29) is 29.4 Å². The number of esters is 3. The number of aliphatic hydroxyl groups is 1. The Bertz CT molecular complexity index is 886. The minimum Gasteiger partial charge on any atom is -0.458 e. The average Bonchev–Trinajstić information content (AvgIpc) is 3.44. The summed E-state index contributed by atoms with van der Waals surface area (Å²) in [6.45, 7) is 15.5. The summed E-state index contributed by atoms with van der Waals surface area (Å²) < 4.78 is 22.3. The number of ketones is 1. The van der Waals surface area contributed by atoms with Crippen LogP contribution in [0.15, 0.2) is 24.3 Å². The first kappa shape index (κ1) is 25.1. The Morgan fingerprint density at radius 1 is 1.27 bits per heavy atom. The van der Waals surface area contributed by atoms with Gasteiger partial charge in [-0.2, -0.15) is 0 Å². The van der Waals surface area contributed by atoms with Gasteiger partial charge in [-0.15, -0.1) is 0 Å². The summed E-state index contributed by atoms with van der Waals surface area (Å²) >= 11 is 0. The first-order valence-corrected chi connectivity index (χ1v) is 11.1. The third-order valence-electron chi connectivity index (χ3n) is 6.40. The lowest BCUT2D eigenvalue weighted by Gasteiger charge is -2.40. The van der Waals surface area contributed by atoms with Gasteiger partial charge in [0.2, 0.25) is 0 Å². The molecular weight excluding hydrogens is 432 g/mol. The number of carbonyl (C=O) groups excluding carboxylic acids is 4. The molecule has 0 amide bonds. The largest absolute Gasteiger partial charge is 0.458 e. The van der Waals surface area contributed by atoms with Crippen LogP contribution >= 0.6 is 0 Å². The second-order valence-electron chi connectivity index (χ2n) is 9.90. The number of hydrogen-bond acceptors (Lipinski definition) is 9. The molecule has 0 bridgehead atoms. The Morgan fingerprint density at radius 2 is 1.91 bits per heavy atom. The second-order valence-corrected chi connectivity index (χ2v) is 9.90. The average molecular weight is 465 g/mol. The van der Waals surface area contributed by atoms with Crippen LogP contribution in [-0.2, 0) is 38.1 Å². The summed E-state index contributed by atoms with van der Waals surface area (Å²) in [4.78, 5) is 50.9. The highest BCUT2D eigenvalue weighted by molar-refractivity contribution is 5.95. The van der Waals surface area contributed by atoms with Gasteiger partial charge >= 0.3 is 17.9 Å². The van der Waals surface area contributed by atoms with Crippen molar-refractivity contribution in [2.24, 2.45) is 17.8 Å². The molecule has 9 nitrogen and oxygen atoms in total. The number of carbonyl (C=O) groups is 4. The molecule has 2 heterocycles. The summed E-state index contributed by atoms with van der Waals surface area (Å²) in [7, 11) is 0. The van der Waals surface area contributed by atoms with E-state index < -0.39 is 65.7 Å². The summed E-state index contributed by atoms with van der Waals surface area (Å²) in [6, 6.07) is 0. The van der Waals surface area contributed by atoms with Crippen molar-refractivity contribution in [2.45, 2.75) is 83.6 Å². The molecule has 182 valence electrons. The smallest absolute Gasteiger partial charge is 0.334 e. The van der Waals surface area contributed by atoms with Crippen LogP contribution in [0.5, 0.6) is 0 Å². The monoisotopic (exact) mass is 464 g/mol. The van der Waals surface area contributed by atoms with E-state index in [2.05, 4.69) is 13.2 Å². The Morgan fingerprint density at radius 3 is 2.48 bits per heavy atom. The van der Waals surface area contributed by atoms with E-state index in [9.17, 15) is 24.3 Å². The van der Waals surface area contributed by atoms with Gasteiger partial charge < -0.3 is 24.1 Å². The predicted molar refractivity (Wildman–Crippen MR) is 115 cm³/mol. The third-order valence-corrected chi connectivity index (χ3v) is 6.40. The Balaban J connectivity index is 2.12. The van der Waals surface area contributed by atoms with Crippen LogP contribution in [-0.4, -0.2) is 64.9 Å². The first-order valence-electron chi connectivity index (χ1n) is 11.1. The van der Waals surface area contributed by atoms with Crippen LogP contribution in [0.25, 0.3) is 0 Å². The van der Waals surface area contributed by atoms with Gasteiger partial charge in [-0.25, -0.2) is 9.59 Å². The summed E-state index contributed by atoms with van der Waals surface area (Å²) in [5.74, 6) is -4.10. The molecule has 0 unspecified atom stereocenters. The fraction of sp³-hybridized carbons (Fsp3) is 0.667. The van der Waals surface area contributed by atoms with Gasteiger partial charge in [0.15, 0.2) is 23.6 Å². The van der Waals surface area contributed by atoms with E-state index >= 15 is 0 Å². The van der Waals surface area contributed by atoms with Gasteiger partial charge in [0.25, 0.3) is 0 Å². The Labute approximate surface area is 193 Å². The quantitative estimate of drug-likeness (QED) is 0.279. The summed E-state index contributed by atoms with van der Waals surface area (Å²) in [6.07, 6.45) is -4.89. The van der Waals surface area contributed by atoms with Crippen molar-refractivity contribution in [3.63, 3.8) is 0 Å². The number of epoxide rings is 1. The first-order chi connectivity index (χ1) is 15.2. The zero-order valence-electron chi connectivity index (χ0n) is 19.7. The molecule has 3 aliphatic rings. The minimum atomic E-state index is -2.28. The van der Waals surface area contributed by atoms with Gasteiger partial charge in [-0.3, -0.25) is 9.59 Å². The Hall–Kier alpha value is -2.52.